The van der Waals surface area contributed by atoms with E-state index in [4.69, 9.17) is 4.98 Å². The Morgan fingerprint density at radius 2 is 1.82 bits per heavy atom. The second kappa shape index (κ2) is 9.47. The van der Waals surface area contributed by atoms with Crippen LogP contribution in [0.3, 0.4) is 0 Å². The summed E-state index contributed by atoms with van der Waals surface area (Å²) in [6.45, 7) is 4.27. The van der Waals surface area contributed by atoms with Crippen LogP contribution in [0.25, 0.3) is 55.8 Å². The number of nitrogens with one attached hydrogen (secondary N) is 3. The molecule has 192 valence electrons. The van der Waals surface area contributed by atoms with Crippen molar-refractivity contribution in [1.82, 2.24) is 30.1 Å². The molecule has 7 nitrogen and oxygen atoms in total. The second-order valence-corrected chi connectivity index (χ2v) is 10.0. The van der Waals surface area contributed by atoms with Crippen LogP contribution >= 0.6 is 0 Å². The van der Waals surface area contributed by atoms with Crippen molar-refractivity contribution in [3.05, 3.63) is 91.3 Å². The third kappa shape index (κ3) is 4.24. The topological polar surface area (TPSA) is 95.2 Å². The molecule has 1 fully saturated rings. The Morgan fingerprint density at radius 3 is 2.69 bits per heavy atom. The van der Waals surface area contributed by atoms with E-state index >= 15 is 0 Å². The SMILES string of the molecule is C=C(Nc1cncc(-c2ccc3[nH]nc(-c4nc5c(-c6ccccc6F)nccc5[nH]4)c3c2)c1)C1CCCC1. The molecule has 1 saturated carbocycles. The van der Waals surface area contributed by atoms with E-state index in [1.54, 1.807) is 24.4 Å². The molecular formula is C31H26FN7. The summed E-state index contributed by atoms with van der Waals surface area (Å²) in [4.78, 5) is 17.1. The molecule has 3 N–H and O–H groups in total. The maximum absolute atomic E-state index is 14.6. The molecule has 1 aliphatic carbocycles. The lowest BCUT2D eigenvalue weighted by Crippen LogP contribution is -2.07. The van der Waals surface area contributed by atoms with E-state index < -0.39 is 0 Å². The van der Waals surface area contributed by atoms with Gasteiger partial charge in [0.25, 0.3) is 0 Å². The number of aromatic amines is 2. The largest absolute Gasteiger partial charge is 0.358 e. The Hall–Kier alpha value is -4.85. The Morgan fingerprint density at radius 1 is 0.949 bits per heavy atom. The van der Waals surface area contributed by atoms with Crippen LogP contribution in [0.1, 0.15) is 25.7 Å². The molecule has 0 saturated heterocycles. The van der Waals surface area contributed by atoms with E-state index in [9.17, 15) is 4.39 Å². The second-order valence-electron chi connectivity index (χ2n) is 10.0. The molecule has 6 aromatic rings. The van der Waals surface area contributed by atoms with Gasteiger partial charge in [-0.3, -0.25) is 15.1 Å². The van der Waals surface area contributed by atoms with Crippen LogP contribution in [-0.2, 0) is 0 Å². The highest BCUT2D eigenvalue weighted by atomic mass is 19.1. The highest BCUT2D eigenvalue weighted by Gasteiger charge is 2.19. The van der Waals surface area contributed by atoms with Gasteiger partial charge < -0.3 is 10.3 Å². The summed E-state index contributed by atoms with van der Waals surface area (Å²) in [5, 5.41) is 12.1. The highest BCUT2D eigenvalue weighted by molar-refractivity contribution is 5.97. The van der Waals surface area contributed by atoms with E-state index in [-0.39, 0.29) is 5.82 Å². The standard InChI is InChI=1S/C31H26FN7/c1-18(19-6-2-3-7-19)35-22-14-21(16-33-17-22)20-10-11-26-24(15-20)29(39-38-26)31-36-27-12-13-34-28(30(27)37-31)23-8-4-5-9-25(23)32/h4-5,8-17,19,35H,1-3,6-7H2,(H,36,37)(H,38,39). The van der Waals surface area contributed by atoms with Gasteiger partial charge in [0.05, 0.1) is 22.9 Å². The van der Waals surface area contributed by atoms with Gasteiger partial charge in [0, 0.05) is 34.6 Å². The van der Waals surface area contributed by atoms with E-state index in [1.165, 1.54) is 31.7 Å². The molecule has 4 heterocycles. The normalized spacial score (nSPS) is 13.9. The maximum atomic E-state index is 14.6. The number of benzene rings is 2. The Kier molecular flexibility index (Phi) is 5.65. The van der Waals surface area contributed by atoms with E-state index in [2.05, 4.69) is 55.2 Å². The predicted molar refractivity (Wildman–Crippen MR) is 152 cm³/mol. The number of aromatic nitrogens is 6. The van der Waals surface area contributed by atoms with Crippen molar-refractivity contribution >= 4 is 27.6 Å². The summed E-state index contributed by atoms with van der Waals surface area (Å²) >= 11 is 0. The monoisotopic (exact) mass is 515 g/mol. The van der Waals surface area contributed by atoms with Crippen molar-refractivity contribution < 1.29 is 4.39 Å². The number of halogens is 1. The molecule has 0 amide bonds. The summed E-state index contributed by atoms with van der Waals surface area (Å²) in [5.41, 5.74) is 7.82. The van der Waals surface area contributed by atoms with Crippen molar-refractivity contribution in [2.24, 2.45) is 5.92 Å². The van der Waals surface area contributed by atoms with Gasteiger partial charge in [0.2, 0.25) is 0 Å². The molecule has 2 aromatic carbocycles. The van der Waals surface area contributed by atoms with Crippen LogP contribution in [-0.4, -0.2) is 30.1 Å². The molecule has 0 bridgehead atoms. The third-order valence-electron chi connectivity index (χ3n) is 7.54. The summed E-state index contributed by atoms with van der Waals surface area (Å²) in [6, 6.07) is 16.7. The quantitative estimate of drug-likeness (QED) is 0.214. The summed E-state index contributed by atoms with van der Waals surface area (Å²) < 4.78 is 14.6. The van der Waals surface area contributed by atoms with Gasteiger partial charge >= 0.3 is 0 Å². The van der Waals surface area contributed by atoms with Crippen molar-refractivity contribution in [3.63, 3.8) is 0 Å². The zero-order valence-corrected chi connectivity index (χ0v) is 21.2. The molecule has 0 atom stereocenters. The molecule has 1 aliphatic rings. The molecule has 7 rings (SSSR count). The average Bonchev–Trinajstić information content (AvgIpc) is 3.73. The number of pyridine rings is 2. The average molecular weight is 516 g/mol. The molecule has 0 aliphatic heterocycles. The van der Waals surface area contributed by atoms with Gasteiger partial charge in [-0.2, -0.15) is 5.10 Å². The van der Waals surface area contributed by atoms with E-state index in [1.807, 2.05) is 24.5 Å². The van der Waals surface area contributed by atoms with Gasteiger partial charge in [-0.25, -0.2) is 9.37 Å². The molecule has 0 unspecified atom stereocenters. The number of rotatable bonds is 6. The van der Waals surface area contributed by atoms with E-state index in [0.717, 1.165) is 38.9 Å². The number of anilines is 1. The first-order valence-corrected chi connectivity index (χ1v) is 13.1. The number of imidazole rings is 1. The lowest BCUT2D eigenvalue weighted by molar-refractivity contribution is 0.631. The smallest absolute Gasteiger partial charge is 0.159 e. The van der Waals surface area contributed by atoms with E-state index in [0.29, 0.717) is 34.2 Å². The fourth-order valence-corrected chi connectivity index (χ4v) is 5.50. The van der Waals surface area contributed by atoms with Gasteiger partial charge in [0.15, 0.2) is 5.82 Å². The fraction of sp³-hybridized carbons (Fsp3) is 0.161. The summed E-state index contributed by atoms with van der Waals surface area (Å²) in [7, 11) is 0. The molecule has 8 heteroatoms. The number of allylic oxidation sites excluding steroid dienone is 1. The number of fused-ring (bicyclic) bond motifs is 2. The maximum Gasteiger partial charge on any atom is 0.159 e. The zero-order chi connectivity index (χ0) is 26.3. The first-order valence-electron chi connectivity index (χ1n) is 13.1. The minimum Gasteiger partial charge on any atom is -0.358 e. The number of nitrogens with zero attached hydrogens (tertiary/aromatic N) is 4. The van der Waals surface area contributed by atoms with Crippen LogP contribution < -0.4 is 5.32 Å². The summed E-state index contributed by atoms with van der Waals surface area (Å²) in [6.07, 6.45) is 10.3. The number of hydrogen-bond donors (Lipinski definition) is 3. The molecule has 39 heavy (non-hydrogen) atoms. The minimum atomic E-state index is -0.339. The van der Waals surface area contributed by atoms with Gasteiger partial charge in [-0.15, -0.1) is 0 Å². The zero-order valence-electron chi connectivity index (χ0n) is 21.2. The van der Waals surface area contributed by atoms with Crippen LogP contribution in [0.15, 0.2) is 85.5 Å². The first kappa shape index (κ1) is 23.3. The lowest BCUT2D eigenvalue weighted by atomic mass is 10.0. The Balaban J connectivity index is 1.25. The molecular weight excluding hydrogens is 489 g/mol. The molecule has 0 spiro atoms. The van der Waals surface area contributed by atoms with Gasteiger partial charge in [-0.05, 0) is 60.7 Å². The first-order chi connectivity index (χ1) is 19.1. The summed E-state index contributed by atoms with van der Waals surface area (Å²) in [5.74, 6) is 0.769. The Bertz CT molecular complexity index is 1850. The van der Waals surface area contributed by atoms with Crippen molar-refractivity contribution in [2.75, 3.05) is 5.32 Å². The third-order valence-corrected chi connectivity index (χ3v) is 7.54. The highest BCUT2D eigenvalue weighted by Crippen LogP contribution is 2.34. The number of hydrogen-bond acceptors (Lipinski definition) is 5. The fourth-order valence-electron chi connectivity index (χ4n) is 5.50. The van der Waals surface area contributed by atoms with Gasteiger partial charge in [-0.1, -0.05) is 37.6 Å². The van der Waals surface area contributed by atoms with Crippen LogP contribution in [0.2, 0.25) is 0 Å². The van der Waals surface area contributed by atoms with Crippen LogP contribution in [0.5, 0.6) is 0 Å². The van der Waals surface area contributed by atoms with Crippen LogP contribution in [0.4, 0.5) is 10.1 Å². The van der Waals surface area contributed by atoms with Crippen molar-refractivity contribution in [3.8, 4) is 33.9 Å². The molecule has 4 aromatic heterocycles. The predicted octanol–water partition coefficient (Wildman–Crippen LogP) is 7.49. The lowest BCUT2D eigenvalue weighted by Gasteiger charge is -2.16. The van der Waals surface area contributed by atoms with Crippen LogP contribution in [0, 0.1) is 11.7 Å². The van der Waals surface area contributed by atoms with Crippen molar-refractivity contribution in [2.45, 2.75) is 25.7 Å². The minimum absolute atomic E-state index is 0.339. The number of H-pyrrole nitrogens is 2. The Labute approximate surface area is 224 Å². The van der Waals surface area contributed by atoms with Gasteiger partial charge in [0.1, 0.15) is 22.7 Å². The van der Waals surface area contributed by atoms with Crippen molar-refractivity contribution in [1.29, 1.82) is 0 Å². The molecule has 0 radical (unpaired) electrons.